The quantitative estimate of drug-likeness (QED) is 0.819. The molecule has 0 atom stereocenters. The summed E-state index contributed by atoms with van der Waals surface area (Å²) >= 11 is 1.60. The normalized spacial score (nSPS) is 17.7. The molecule has 1 aromatic heterocycles. The standard InChI is InChI=1S/C12H21N3O2S2/c1-10-15-12(8-18-10)4-7-14-19(16,17)9-11-2-5-13-6-3-11/h8,11,13-14H,2-7,9H2,1H3. The van der Waals surface area contributed by atoms with E-state index in [-0.39, 0.29) is 5.75 Å². The minimum absolute atomic E-state index is 0.255. The van der Waals surface area contributed by atoms with E-state index in [1.54, 1.807) is 11.3 Å². The Balaban J connectivity index is 1.74. The molecule has 1 fully saturated rings. The van der Waals surface area contributed by atoms with Gasteiger partial charge in [0.05, 0.1) is 16.5 Å². The van der Waals surface area contributed by atoms with Gasteiger partial charge in [-0.25, -0.2) is 18.1 Å². The van der Waals surface area contributed by atoms with Crippen molar-refractivity contribution in [2.75, 3.05) is 25.4 Å². The fourth-order valence-corrected chi connectivity index (χ4v) is 4.41. The predicted octanol–water partition coefficient (Wildman–Crippen LogP) is 0.913. The predicted molar refractivity (Wildman–Crippen MR) is 77.9 cm³/mol. The maximum absolute atomic E-state index is 11.9. The first-order chi connectivity index (χ1) is 9.05. The molecule has 19 heavy (non-hydrogen) atoms. The molecular formula is C12H21N3O2S2. The average Bonchev–Trinajstić information content (AvgIpc) is 2.75. The summed E-state index contributed by atoms with van der Waals surface area (Å²) in [5.41, 5.74) is 0.965. The highest BCUT2D eigenvalue weighted by atomic mass is 32.2. The second-order valence-electron chi connectivity index (χ2n) is 4.98. The molecule has 0 saturated carbocycles. The first-order valence-corrected chi connectivity index (χ1v) is 9.17. The molecule has 0 unspecified atom stereocenters. The monoisotopic (exact) mass is 303 g/mol. The van der Waals surface area contributed by atoms with E-state index in [0.29, 0.717) is 18.9 Å². The lowest BCUT2D eigenvalue weighted by atomic mass is 10.0. The summed E-state index contributed by atoms with van der Waals surface area (Å²) in [7, 11) is -3.15. The van der Waals surface area contributed by atoms with Gasteiger partial charge in [0.25, 0.3) is 0 Å². The molecular weight excluding hydrogens is 282 g/mol. The molecule has 2 N–H and O–H groups in total. The topological polar surface area (TPSA) is 71.1 Å². The van der Waals surface area contributed by atoms with Crippen LogP contribution >= 0.6 is 11.3 Å². The fraction of sp³-hybridized carbons (Fsp3) is 0.750. The van der Waals surface area contributed by atoms with Crippen molar-refractivity contribution in [3.05, 3.63) is 16.1 Å². The Morgan fingerprint density at radius 1 is 1.47 bits per heavy atom. The number of thiazole rings is 1. The summed E-state index contributed by atoms with van der Waals surface area (Å²) in [4.78, 5) is 4.32. The Kier molecular flexibility index (Phi) is 5.32. The van der Waals surface area contributed by atoms with Crippen LogP contribution in [0.1, 0.15) is 23.5 Å². The summed E-state index contributed by atoms with van der Waals surface area (Å²) in [6.07, 6.45) is 2.56. The van der Waals surface area contributed by atoms with E-state index < -0.39 is 10.0 Å². The fourth-order valence-electron chi connectivity index (χ4n) is 2.28. The van der Waals surface area contributed by atoms with E-state index in [0.717, 1.165) is 36.6 Å². The summed E-state index contributed by atoms with van der Waals surface area (Å²) < 4.78 is 26.6. The highest BCUT2D eigenvalue weighted by Gasteiger charge is 2.20. The SMILES string of the molecule is Cc1nc(CCNS(=O)(=O)CC2CCNCC2)cs1. The highest BCUT2D eigenvalue weighted by Crippen LogP contribution is 2.13. The van der Waals surface area contributed by atoms with Crippen LogP contribution in [0.3, 0.4) is 0 Å². The van der Waals surface area contributed by atoms with Gasteiger partial charge in [-0.1, -0.05) is 0 Å². The van der Waals surface area contributed by atoms with Gasteiger partial charge in [0.1, 0.15) is 0 Å². The Hall–Kier alpha value is -0.500. The molecule has 2 rings (SSSR count). The number of hydrogen-bond donors (Lipinski definition) is 2. The minimum Gasteiger partial charge on any atom is -0.317 e. The second kappa shape index (κ2) is 6.78. The van der Waals surface area contributed by atoms with Crippen LogP contribution in [0.4, 0.5) is 0 Å². The van der Waals surface area contributed by atoms with Gasteiger partial charge in [-0.15, -0.1) is 11.3 Å². The van der Waals surface area contributed by atoms with Crippen LogP contribution < -0.4 is 10.0 Å². The lowest BCUT2D eigenvalue weighted by molar-refractivity contribution is 0.400. The molecule has 0 aromatic carbocycles. The van der Waals surface area contributed by atoms with Crippen LogP contribution in [0.15, 0.2) is 5.38 Å². The summed E-state index contributed by atoms with van der Waals surface area (Å²) in [6, 6.07) is 0. The molecule has 2 heterocycles. The number of aryl methyl sites for hydroxylation is 1. The molecule has 1 saturated heterocycles. The molecule has 1 aliphatic heterocycles. The summed E-state index contributed by atoms with van der Waals surface area (Å²) in [5, 5.41) is 6.25. The Labute approximate surface area is 118 Å². The van der Waals surface area contributed by atoms with Crippen molar-refractivity contribution in [2.45, 2.75) is 26.2 Å². The van der Waals surface area contributed by atoms with Crippen LogP contribution in [0.25, 0.3) is 0 Å². The van der Waals surface area contributed by atoms with E-state index in [1.807, 2.05) is 12.3 Å². The smallest absolute Gasteiger partial charge is 0.211 e. The summed E-state index contributed by atoms with van der Waals surface area (Å²) in [5.74, 6) is 0.547. The molecule has 108 valence electrons. The maximum Gasteiger partial charge on any atom is 0.211 e. The van der Waals surface area contributed by atoms with Crippen LogP contribution in [0.5, 0.6) is 0 Å². The average molecular weight is 303 g/mol. The Morgan fingerprint density at radius 2 is 2.21 bits per heavy atom. The van der Waals surface area contributed by atoms with E-state index in [1.165, 1.54) is 0 Å². The van der Waals surface area contributed by atoms with Crippen molar-refractivity contribution >= 4 is 21.4 Å². The summed E-state index contributed by atoms with van der Waals surface area (Å²) in [6.45, 7) is 4.25. The molecule has 7 heteroatoms. The molecule has 0 spiro atoms. The van der Waals surface area contributed by atoms with Crippen molar-refractivity contribution < 1.29 is 8.42 Å². The maximum atomic E-state index is 11.9. The molecule has 0 radical (unpaired) electrons. The largest absolute Gasteiger partial charge is 0.317 e. The number of nitrogens with one attached hydrogen (secondary N) is 2. The van der Waals surface area contributed by atoms with E-state index in [4.69, 9.17) is 0 Å². The first-order valence-electron chi connectivity index (χ1n) is 6.64. The second-order valence-corrected chi connectivity index (χ2v) is 7.89. The number of piperidine rings is 1. The lowest BCUT2D eigenvalue weighted by Crippen LogP contribution is -2.36. The number of sulfonamides is 1. The van der Waals surface area contributed by atoms with E-state index in [2.05, 4.69) is 15.0 Å². The van der Waals surface area contributed by atoms with Gasteiger partial charge in [-0.3, -0.25) is 0 Å². The van der Waals surface area contributed by atoms with Crippen LogP contribution in [-0.2, 0) is 16.4 Å². The Bertz CT molecular complexity index is 493. The number of rotatable bonds is 6. The number of nitrogens with zero attached hydrogens (tertiary/aromatic N) is 1. The third kappa shape index (κ3) is 5.18. The first kappa shape index (κ1) is 14.9. The van der Waals surface area contributed by atoms with Crippen LogP contribution in [0.2, 0.25) is 0 Å². The van der Waals surface area contributed by atoms with Crippen molar-refractivity contribution in [2.24, 2.45) is 5.92 Å². The third-order valence-electron chi connectivity index (χ3n) is 3.28. The zero-order valence-corrected chi connectivity index (χ0v) is 12.8. The van der Waals surface area contributed by atoms with Gasteiger partial charge >= 0.3 is 0 Å². The van der Waals surface area contributed by atoms with Crippen molar-refractivity contribution in [3.63, 3.8) is 0 Å². The zero-order chi connectivity index (χ0) is 13.7. The van der Waals surface area contributed by atoms with Gasteiger partial charge in [0.15, 0.2) is 0 Å². The molecule has 0 amide bonds. The minimum atomic E-state index is -3.15. The molecule has 0 aliphatic carbocycles. The Morgan fingerprint density at radius 3 is 2.84 bits per heavy atom. The van der Waals surface area contributed by atoms with Gasteiger partial charge < -0.3 is 5.32 Å². The number of hydrogen-bond acceptors (Lipinski definition) is 5. The van der Waals surface area contributed by atoms with Crippen LogP contribution in [-0.4, -0.2) is 38.8 Å². The third-order valence-corrected chi connectivity index (χ3v) is 5.66. The highest BCUT2D eigenvalue weighted by molar-refractivity contribution is 7.89. The molecule has 1 aromatic rings. The van der Waals surface area contributed by atoms with Gasteiger partial charge in [0, 0.05) is 18.3 Å². The molecule has 1 aliphatic rings. The zero-order valence-electron chi connectivity index (χ0n) is 11.2. The van der Waals surface area contributed by atoms with E-state index in [9.17, 15) is 8.42 Å². The van der Waals surface area contributed by atoms with Crippen LogP contribution in [0, 0.1) is 12.8 Å². The molecule has 0 bridgehead atoms. The van der Waals surface area contributed by atoms with Gasteiger partial charge in [-0.2, -0.15) is 0 Å². The van der Waals surface area contributed by atoms with Crippen molar-refractivity contribution in [3.8, 4) is 0 Å². The molecule has 5 nitrogen and oxygen atoms in total. The van der Waals surface area contributed by atoms with Crippen molar-refractivity contribution in [1.29, 1.82) is 0 Å². The number of aromatic nitrogens is 1. The van der Waals surface area contributed by atoms with Crippen molar-refractivity contribution in [1.82, 2.24) is 15.0 Å². The lowest BCUT2D eigenvalue weighted by Gasteiger charge is -2.22. The van der Waals surface area contributed by atoms with E-state index >= 15 is 0 Å². The van der Waals surface area contributed by atoms with Gasteiger partial charge in [0.2, 0.25) is 10.0 Å². The van der Waals surface area contributed by atoms with Gasteiger partial charge in [-0.05, 0) is 38.8 Å².